The van der Waals surface area contributed by atoms with Crippen molar-refractivity contribution in [2.45, 2.75) is 12.5 Å². The van der Waals surface area contributed by atoms with Crippen LogP contribution in [0.15, 0.2) is 24.3 Å². The predicted octanol–water partition coefficient (Wildman–Crippen LogP) is 1.82. The van der Waals surface area contributed by atoms with Gasteiger partial charge in [-0.3, -0.25) is 4.79 Å². The van der Waals surface area contributed by atoms with Crippen molar-refractivity contribution in [3.05, 3.63) is 29.8 Å². The molecule has 5 heteroatoms. The Bertz CT molecular complexity index is 388. The summed E-state index contributed by atoms with van der Waals surface area (Å²) in [6, 6.07) is 7.64. The lowest BCUT2D eigenvalue weighted by Gasteiger charge is -2.22. The largest absolute Gasteiger partial charge is 0.376 e. The van der Waals surface area contributed by atoms with E-state index in [1.54, 1.807) is 0 Å². The zero-order valence-corrected chi connectivity index (χ0v) is 10.8. The van der Waals surface area contributed by atoms with E-state index in [0.29, 0.717) is 25.7 Å². The maximum absolute atomic E-state index is 11.8. The van der Waals surface area contributed by atoms with Crippen LogP contribution in [0.1, 0.15) is 5.56 Å². The third-order valence-electron chi connectivity index (χ3n) is 2.71. The minimum absolute atomic E-state index is 0.167. The Balaban J connectivity index is 1.89. The van der Waals surface area contributed by atoms with Crippen molar-refractivity contribution in [3.8, 4) is 0 Å². The molecule has 1 aliphatic rings. The SMILES string of the molecule is O=C(Nc1ccc(CCCl)cc1)C1COCCO1. The molecule has 1 N–H and O–H groups in total. The first-order valence-corrected chi connectivity index (χ1v) is 6.48. The highest BCUT2D eigenvalue weighted by Crippen LogP contribution is 2.12. The Morgan fingerprint density at radius 2 is 2.11 bits per heavy atom. The summed E-state index contributed by atoms with van der Waals surface area (Å²) in [6.07, 6.45) is 0.316. The summed E-state index contributed by atoms with van der Waals surface area (Å²) in [6.45, 7) is 1.33. The molecular weight excluding hydrogens is 254 g/mol. The van der Waals surface area contributed by atoms with Crippen molar-refractivity contribution >= 4 is 23.2 Å². The molecule has 1 unspecified atom stereocenters. The normalized spacial score (nSPS) is 19.5. The summed E-state index contributed by atoms with van der Waals surface area (Å²) < 4.78 is 10.5. The van der Waals surface area contributed by atoms with Gasteiger partial charge in [-0.1, -0.05) is 12.1 Å². The fourth-order valence-corrected chi connectivity index (χ4v) is 1.94. The molecule has 0 bridgehead atoms. The van der Waals surface area contributed by atoms with E-state index >= 15 is 0 Å². The van der Waals surface area contributed by atoms with Crippen LogP contribution in [0.3, 0.4) is 0 Å². The van der Waals surface area contributed by atoms with Crippen LogP contribution < -0.4 is 5.32 Å². The van der Waals surface area contributed by atoms with Crippen molar-refractivity contribution < 1.29 is 14.3 Å². The Morgan fingerprint density at radius 1 is 1.33 bits per heavy atom. The predicted molar refractivity (Wildman–Crippen MR) is 70.1 cm³/mol. The van der Waals surface area contributed by atoms with Gasteiger partial charge in [0.2, 0.25) is 0 Å². The van der Waals surface area contributed by atoms with Crippen LogP contribution in [0, 0.1) is 0 Å². The molecule has 1 aromatic carbocycles. The molecular formula is C13H16ClNO3. The molecule has 1 aromatic rings. The number of nitrogens with one attached hydrogen (secondary N) is 1. The van der Waals surface area contributed by atoms with Gasteiger partial charge in [-0.05, 0) is 24.1 Å². The van der Waals surface area contributed by atoms with Crippen molar-refractivity contribution in [3.63, 3.8) is 0 Å². The van der Waals surface area contributed by atoms with E-state index in [4.69, 9.17) is 21.1 Å². The van der Waals surface area contributed by atoms with Crippen LogP contribution >= 0.6 is 11.6 Å². The Kier molecular flexibility index (Phi) is 4.99. The highest BCUT2D eigenvalue weighted by Gasteiger charge is 2.22. The van der Waals surface area contributed by atoms with Crippen LogP contribution in [-0.2, 0) is 20.7 Å². The molecule has 1 fully saturated rings. The number of aryl methyl sites for hydroxylation is 1. The van der Waals surface area contributed by atoms with E-state index in [-0.39, 0.29) is 5.91 Å². The number of hydrogen-bond acceptors (Lipinski definition) is 3. The Labute approximate surface area is 111 Å². The first-order valence-electron chi connectivity index (χ1n) is 5.94. The van der Waals surface area contributed by atoms with E-state index in [1.807, 2.05) is 24.3 Å². The third kappa shape index (κ3) is 3.70. The van der Waals surface area contributed by atoms with Crippen molar-refractivity contribution in [1.82, 2.24) is 0 Å². The standard InChI is InChI=1S/C13H16ClNO3/c14-6-5-10-1-3-11(4-2-10)15-13(16)12-9-17-7-8-18-12/h1-4,12H,5-9H2,(H,15,16). The molecule has 1 atom stereocenters. The first kappa shape index (κ1) is 13.3. The lowest BCUT2D eigenvalue weighted by Crippen LogP contribution is -2.39. The maximum atomic E-state index is 11.8. The van der Waals surface area contributed by atoms with Crippen LogP contribution in [0.2, 0.25) is 0 Å². The average molecular weight is 270 g/mol. The van der Waals surface area contributed by atoms with Crippen LogP contribution in [0.4, 0.5) is 5.69 Å². The van der Waals surface area contributed by atoms with E-state index in [2.05, 4.69) is 5.32 Å². The summed E-state index contributed by atoms with van der Waals surface area (Å²) in [7, 11) is 0. The first-order chi connectivity index (χ1) is 8.79. The zero-order valence-electron chi connectivity index (χ0n) is 10.0. The van der Waals surface area contributed by atoms with Gasteiger partial charge in [-0.15, -0.1) is 11.6 Å². The molecule has 0 saturated carbocycles. The quantitative estimate of drug-likeness (QED) is 0.849. The fourth-order valence-electron chi connectivity index (χ4n) is 1.73. The minimum atomic E-state index is -0.513. The van der Waals surface area contributed by atoms with Crippen molar-refractivity contribution in [1.29, 1.82) is 0 Å². The number of anilines is 1. The molecule has 0 radical (unpaired) electrons. The lowest BCUT2D eigenvalue weighted by molar-refractivity contribution is -0.142. The summed E-state index contributed by atoms with van der Waals surface area (Å²) in [5.74, 6) is 0.429. The van der Waals surface area contributed by atoms with Crippen LogP contribution in [0.25, 0.3) is 0 Å². The highest BCUT2D eigenvalue weighted by atomic mass is 35.5. The third-order valence-corrected chi connectivity index (χ3v) is 2.90. The molecule has 1 heterocycles. The average Bonchev–Trinajstić information content (AvgIpc) is 2.42. The van der Waals surface area contributed by atoms with Crippen molar-refractivity contribution in [2.24, 2.45) is 0 Å². The second-order valence-corrected chi connectivity index (χ2v) is 4.44. The smallest absolute Gasteiger partial charge is 0.255 e. The monoisotopic (exact) mass is 269 g/mol. The van der Waals surface area contributed by atoms with E-state index < -0.39 is 6.10 Å². The number of ether oxygens (including phenoxy) is 2. The molecule has 0 spiro atoms. The number of alkyl halides is 1. The van der Waals surface area contributed by atoms with Gasteiger partial charge in [-0.2, -0.15) is 0 Å². The molecule has 98 valence electrons. The Morgan fingerprint density at radius 3 is 2.72 bits per heavy atom. The lowest BCUT2D eigenvalue weighted by atomic mass is 10.1. The number of benzene rings is 1. The van der Waals surface area contributed by atoms with Gasteiger partial charge < -0.3 is 14.8 Å². The highest BCUT2D eigenvalue weighted by molar-refractivity contribution is 6.17. The maximum Gasteiger partial charge on any atom is 0.255 e. The second kappa shape index (κ2) is 6.73. The number of carbonyl (C=O) groups excluding carboxylic acids is 1. The number of halogens is 1. The second-order valence-electron chi connectivity index (χ2n) is 4.06. The molecule has 0 aliphatic carbocycles. The fraction of sp³-hybridized carbons (Fsp3) is 0.462. The molecule has 1 aliphatic heterocycles. The number of rotatable bonds is 4. The summed E-state index contributed by atoms with van der Waals surface area (Å²) in [5.41, 5.74) is 1.91. The van der Waals surface area contributed by atoms with Gasteiger partial charge in [0.1, 0.15) is 0 Å². The van der Waals surface area contributed by atoms with Gasteiger partial charge >= 0.3 is 0 Å². The van der Waals surface area contributed by atoms with E-state index in [0.717, 1.165) is 17.7 Å². The number of amides is 1. The van der Waals surface area contributed by atoms with Gasteiger partial charge in [0, 0.05) is 11.6 Å². The molecule has 2 rings (SSSR count). The van der Waals surface area contributed by atoms with Gasteiger partial charge in [0.15, 0.2) is 6.10 Å². The van der Waals surface area contributed by atoms with E-state index in [1.165, 1.54) is 0 Å². The van der Waals surface area contributed by atoms with Crippen molar-refractivity contribution in [2.75, 3.05) is 31.0 Å². The van der Waals surface area contributed by atoms with Crippen LogP contribution in [0.5, 0.6) is 0 Å². The Hall–Kier alpha value is -1.10. The zero-order chi connectivity index (χ0) is 12.8. The van der Waals surface area contributed by atoms with Gasteiger partial charge in [0.25, 0.3) is 5.91 Å². The van der Waals surface area contributed by atoms with Gasteiger partial charge in [-0.25, -0.2) is 0 Å². The minimum Gasteiger partial charge on any atom is -0.376 e. The van der Waals surface area contributed by atoms with E-state index in [9.17, 15) is 4.79 Å². The molecule has 1 amide bonds. The van der Waals surface area contributed by atoms with Gasteiger partial charge in [0.05, 0.1) is 19.8 Å². The summed E-state index contributed by atoms with van der Waals surface area (Å²) in [4.78, 5) is 11.8. The molecule has 1 saturated heterocycles. The molecule has 4 nitrogen and oxygen atoms in total. The number of hydrogen-bond donors (Lipinski definition) is 1. The topological polar surface area (TPSA) is 47.6 Å². The molecule has 0 aromatic heterocycles. The number of carbonyl (C=O) groups is 1. The molecule has 18 heavy (non-hydrogen) atoms. The summed E-state index contributed by atoms with van der Waals surface area (Å²) >= 11 is 5.66. The summed E-state index contributed by atoms with van der Waals surface area (Å²) in [5, 5.41) is 2.80. The van der Waals surface area contributed by atoms with Crippen LogP contribution in [-0.4, -0.2) is 37.7 Å².